The van der Waals surface area contributed by atoms with E-state index in [4.69, 9.17) is 0 Å². The Kier molecular flexibility index (Phi) is 1.83. The van der Waals surface area contributed by atoms with E-state index in [1.165, 1.54) is 11.5 Å². The first-order chi connectivity index (χ1) is 5.43. The van der Waals surface area contributed by atoms with Crippen LogP contribution >= 0.6 is 23.5 Å². The van der Waals surface area contributed by atoms with Crippen LogP contribution in [0.4, 0.5) is 0 Å². The fourth-order valence-corrected chi connectivity index (χ4v) is 7.43. The zero-order chi connectivity index (χ0) is 7.26. The summed E-state index contributed by atoms with van der Waals surface area (Å²) in [6.45, 7) is 0. The third kappa shape index (κ3) is 1.54. The van der Waals surface area contributed by atoms with Crippen LogP contribution in [-0.2, 0) is 0 Å². The van der Waals surface area contributed by atoms with Crippen molar-refractivity contribution in [3.8, 4) is 0 Å². The van der Waals surface area contributed by atoms with Gasteiger partial charge < -0.3 is 0 Å². The Morgan fingerprint density at radius 2 is 1.55 bits per heavy atom. The summed E-state index contributed by atoms with van der Waals surface area (Å²) in [4.78, 5) is 0. The molecule has 58 valence electrons. The molecule has 3 heteroatoms. The summed E-state index contributed by atoms with van der Waals surface area (Å²) in [5.74, 6) is 2.82. The topological polar surface area (TPSA) is 0 Å². The van der Waals surface area contributed by atoms with Crippen molar-refractivity contribution in [1.29, 1.82) is 0 Å². The second-order valence-electron chi connectivity index (χ2n) is 2.88. The molecular formula is C8H8S2Te. The summed E-state index contributed by atoms with van der Waals surface area (Å²) in [7, 11) is 0. The first-order valence-corrected chi connectivity index (χ1v) is 8.19. The molecule has 0 spiro atoms. The third-order valence-corrected chi connectivity index (χ3v) is 8.47. The Balaban J connectivity index is 1.88. The Hall–Kier alpha value is 0.970. The van der Waals surface area contributed by atoms with Gasteiger partial charge in [0.15, 0.2) is 0 Å². The predicted molar refractivity (Wildman–Crippen MR) is 53.8 cm³/mol. The van der Waals surface area contributed by atoms with Gasteiger partial charge in [0.1, 0.15) is 0 Å². The quantitative estimate of drug-likeness (QED) is 0.607. The second-order valence-corrected chi connectivity index (χ2v) is 8.63. The maximum atomic E-state index is 2.42. The molecule has 0 saturated carbocycles. The Morgan fingerprint density at radius 3 is 1.91 bits per heavy atom. The van der Waals surface area contributed by atoms with Gasteiger partial charge in [0.05, 0.1) is 0 Å². The molecule has 1 aromatic rings. The van der Waals surface area contributed by atoms with Crippen molar-refractivity contribution in [2.24, 2.45) is 0 Å². The van der Waals surface area contributed by atoms with Crippen LogP contribution in [-0.4, -0.2) is 31.9 Å². The number of thioether (sulfide) groups is 2. The van der Waals surface area contributed by atoms with Crippen molar-refractivity contribution in [3.05, 3.63) is 19.3 Å². The minimum absolute atomic E-state index is 0.160. The van der Waals surface area contributed by atoms with Crippen LogP contribution in [0.25, 0.3) is 0 Å². The molecule has 2 fully saturated rings. The molecule has 0 N–H and O–H groups in total. The standard InChI is InChI=1S/C8H8S2Te/c1-2-8(6-4-10-6)11-7(1)5-3-9-5/h1-2,5-6H,3-4H2. The van der Waals surface area contributed by atoms with E-state index in [2.05, 4.69) is 35.7 Å². The average molecular weight is 296 g/mol. The molecule has 2 unspecified atom stereocenters. The molecule has 2 atom stereocenters. The molecule has 0 nitrogen and oxygen atoms in total. The van der Waals surface area contributed by atoms with Crippen molar-refractivity contribution in [2.45, 2.75) is 10.5 Å². The van der Waals surface area contributed by atoms with Gasteiger partial charge in [-0.05, 0) is 0 Å². The fraction of sp³-hybridized carbons (Fsp3) is 0.500. The van der Waals surface area contributed by atoms with E-state index in [0.717, 1.165) is 10.5 Å². The number of rotatable bonds is 2. The number of hydrogen-bond acceptors (Lipinski definition) is 2. The molecule has 0 bridgehead atoms. The van der Waals surface area contributed by atoms with Gasteiger partial charge in [0.2, 0.25) is 0 Å². The van der Waals surface area contributed by atoms with Crippen LogP contribution in [0.1, 0.15) is 17.7 Å². The van der Waals surface area contributed by atoms with E-state index in [0.29, 0.717) is 0 Å². The zero-order valence-corrected chi connectivity index (χ0v) is 9.91. The van der Waals surface area contributed by atoms with Gasteiger partial charge in [-0.15, -0.1) is 0 Å². The van der Waals surface area contributed by atoms with E-state index in [1.54, 1.807) is 0 Å². The average Bonchev–Trinajstić information content (AvgIpc) is 2.90. The summed E-state index contributed by atoms with van der Waals surface area (Å²) >= 11 is 4.41. The normalized spacial score (nSPS) is 33.8. The molecule has 2 aliphatic rings. The molecule has 0 amide bonds. The van der Waals surface area contributed by atoms with E-state index >= 15 is 0 Å². The Bertz CT molecular complexity index is 247. The fourth-order valence-electron chi connectivity index (χ4n) is 1.14. The second kappa shape index (κ2) is 2.73. The maximum absolute atomic E-state index is 2.42. The molecule has 3 heterocycles. The molecule has 0 aromatic carbocycles. The first-order valence-electron chi connectivity index (χ1n) is 3.76. The Morgan fingerprint density at radius 1 is 1.09 bits per heavy atom. The van der Waals surface area contributed by atoms with Crippen molar-refractivity contribution in [1.82, 2.24) is 0 Å². The molecule has 1 aromatic heterocycles. The van der Waals surface area contributed by atoms with Crippen LogP contribution in [0.3, 0.4) is 0 Å². The van der Waals surface area contributed by atoms with Crippen LogP contribution in [0.2, 0.25) is 0 Å². The van der Waals surface area contributed by atoms with Gasteiger partial charge in [0, 0.05) is 0 Å². The van der Waals surface area contributed by atoms with Gasteiger partial charge in [0.25, 0.3) is 0 Å². The van der Waals surface area contributed by atoms with Gasteiger partial charge in [-0.25, -0.2) is 0 Å². The van der Waals surface area contributed by atoms with Gasteiger partial charge >= 0.3 is 85.3 Å². The molecule has 0 radical (unpaired) electrons. The zero-order valence-electron chi connectivity index (χ0n) is 5.95. The van der Waals surface area contributed by atoms with Gasteiger partial charge in [-0.3, -0.25) is 0 Å². The van der Waals surface area contributed by atoms with Gasteiger partial charge in [-0.2, -0.15) is 0 Å². The minimum atomic E-state index is 0.160. The van der Waals surface area contributed by atoms with Crippen LogP contribution in [0.15, 0.2) is 12.1 Å². The third-order valence-electron chi connectivity index (χ3n) is 1.95. The summed E-state index contributed by atoms with van der Waals surface area (Å²) in [6.07, 6.45) is 0. The van der Waals surface area contributed by atoms with Crippen LogP contribution < -0.4 is 0 Å². The first kappa shape index (κ1) is 7.38. The monoisotopic (exact) mass is 298 g/mol. The van der Waals surface area contributed by atoms with E-state index < -0.39 is 0 Å². The van der Waals surface area contributed by atoms with E-state index in [1.807, 2.05) is 7.16 Å². The Labute approximate surface area is 84.8 Å². The SMILES string of the molecule is c1cc(C2CS2)[te]c1C1CS1. The van der Waals surface area contributed by atoms with Gasteiger partial charge in [-0.1, -0.05) is 0 Å². The van der Waals surface area contributed by atoms with Crippen LogP contribution in [0, 0.1) is 0 Å². The van der Waals surface area contributed by atoms with E-state index in [9.17, 15) is 0 Å². The molecule has 3 rings (SSSR count). The summed E-state index contributed by atoms with van der Waals surface area (Å²) in [5, 5.41) is 1.93. The predicted octanol–water partition coefficient (Wildman–Crippen LogP) is 2.32. The van der Waals surface area contributed by atoms with Crippen molar-refractivity contribution < 1.29 is 0 Å². The molecule has 2 saturated heterocycles. The van der Waals surface area contributed by atoms with Crippen molar-refractivity contribution in [2.75, 3.05) is 11.5 Å². The number of hydrogen-bond donors (Lipinski definition) is 0. The molecule has 0 aliphatic carbocycles. The van der Waals surface area contributed by atoms with Crippen molar-refractivity contribution in [3.63, 3.8) is 0 Å². The van der Waals surface area contributed by atoms with Crippen molar-refractivity contribution >= 4 is 44.0 Å². The van der Waals surface area contributed by atoms with E-state index in [-0.39, 0.29) is 20.4 Å². The summed E-state index contributed by atoms with van der Waals surface area (Å²) in [6, 6.07) is 4.84. The van der Waals surface area contributed by atoms with Crippen LogP contribution in [0.5, 0.6) is 0 Å². The summed E-state index contributed by atoms with van der Waals surface area (Å²) < 4.78 is 3.64. The molecular weight excluding hydrogens is 288 g/mol. The summed E-state index contributed by atoms with van der Waals surface area (Å²) in [5.41, 5.74) is 0. The molecule has 11 heavy (non-hydrogen) atoms. The molecule has 2 aliphatic heterocycles.